The Bertz CT molecular complexity index is 355. The molecule has 0 spiro atoms. The van der Waals surface area contributed by atoms with Crippen LogP contribution < -0.4 is 5.32 Å². The van der Waals surface area contributed by atoms with E-state index in [0.717, 1.165) is 12.4 Å². The molecule has 1 heterocycles. The number of halogens is 3. The van der Waals surface area contributed by atoms with Crippen LogP contribution in [0.15, 0.2) is 12.4 Å². The summed E-state index contributed by atoms with van der Waals surface area (Å²) in [5, 5.41) is 10.4. The maximum atomic E-state index is 11.8. The predicted molar refractivity (Wildman–Crippen MR) is 41.3 cm³/mol. The van der Waals surface area contributed by atoms with E-state index in [-0.39, 0.29) is 11.5 Å². The number of aromatic nitrogens is 2. The standard InChI is InChI=1S/C7H5F3N4/c8-7(9,10)3-12-6-1-5(2-11)13-4-14-6/h1,4H,3H2,(H,12,13,14). The second-order valence-corrected chi connectivity index (χ2v) is 2.37. The third kappa shape index (κ3) is 3.26. The number of hydrogen-bond donors (Lipinski definition) is 1. The van der Waals surface area contributed by atoms with Crippen molar-refractivity contribution >= 4 is 5.82 Å². The lowest BCUT2D eigenvalue weighted by atomic mass is 10.4. The van der Waals surface area contributed by atoms with Crippen LogP contribution in [0.25, 0.3) is 0 Å². The van der Waals surface area contributed by atoms with E-state index in [1.807, 2.05) is 5.32 Å². The zero-order valence-corrected chi connectivity index (χ0v) is 6.84. The average molecular weight is 202 g/mol. The van der Waals surface area contributed by atoms with Crippen LogP contribution in [0.1, 0.15) is 5.69 Å². The average Bonchev–Trinajstić information content (AvgIpc) is 2.14. The van der Waals surface area contributed by atoms with Crippen LogP contribution in [0.3, 0.4) is 0 Å². The maximum Gasteiger partial charge on any atom is 0.405 e. The predicted octanol–water partition coefficient (Wildman–Crippen LogP) is 1.32. The summed E-state index contributed by atoms with van der Waals surface area (Å²) in [7, 11) is 0. The second kappa shape index (κ2) is 3.91. The smallest absolute Gasteiger partial charge is 0.361 e. The van der Waals surface area contributed by atoms with Gasteiger partial charge in [0.1, 0.15) is 30.5 Å². The molecule has 4 nitrogen and oxygen atoms in total. The molecule has 0 saturated heterocycles. The topological polar surface area (TPSA) is 61.6 Å². The van der Waals surface area contributed by atoms with Gasteiger partial charge < -0.3 is 5.32 Å². The van der Waals surface area contributed by atoms with Crippen LogP contribution in [0.5, 0.6) is 0 Å². The summed E-state index contributed by atoms with van der Waals surface area (Å²) in [5.74, 6) is -0.0196. The van der Waals surface area contributed by atoms with E-state index in [2.05, 4.69) is 9.97 Å². The molecule has 1 rings (SSSR count). The molecule has 74 valence electrons. The summed E-state index contributed by atoms with van der Waals surface area (Å²) in [6.45, 7) is -1.19. The molecule has 0 amide bonds. The minimum absolute atomic E-state index is 0.0182. The number of anilines is 1. The van der Waals surface area contributed by atoms with Crippen LogP contribution in [-0.2, 0) is 0 Å². The summed E-state index contributed by atoms with van der Waals surface area (Å²) in [6.07, 6.45) is -3.28. The minimum Gasteiger partial charge on any atom is -0.361 e. The van der Waals surface area contributed by atoms with Crippen LogP contribution in [0.2, 0.25) is 0 Å². The third-order valence-electron chi connectivity index (χ3n) is 1.25. The van der Waals surface area contributed by atoms with Crippen molar-refractivity contribution in [1.29, 1.82) is 5.26 Å². The summed E-state index contributed by atoms with van der Waals surface area (Å²) in [5.41, 5.74) is 0.0182. The Morgan fingerprint density at radius 2 is 2.14 bits per heavy atom. The highest BCUT2D eigenvalue weighted by Crippen LogP contribution is 2.15. The number of rotatable bonds is 2. The van der Waals surface area contributed by atoms with Crippen molar-refractivity contribution in [3.05, 3.63) is 18.1 Å². The lowest BCUT2D eigenvalue weighted by Crippen LogP contribution is -2.21. The molecular formula is C7H5F3N4. The molecule has 0 saturated carbocycles. The second-order valence-electron chi connectivity index (χ2n) is 2.37. The van der Waals surface area contributed by atoms with Crippen LogP contribution in [0.4, 0.5) is 19.0 Å². The first-order chi connectivity index (χ1) is 6.51. The van der Waals surface area contributed by atoms with E-state index in [1.165, 1.54) is 0 Å². The fourth-order valence-electron chi connectivity index (χ4n) is 0.706. The number of hydrogen-bond acceptors (Lipinski definition) is 4. The Kier molecular flexibility index (Phi) is 2.86. The van der Waals surface area contributed by atoms with Gasteiger partial charge in [-0.05, 0) is 0 Å². The van der Waals surface area contributed by atoms with Gasteiger partial charge in [0, 0.05) is 6.07 Å². The molecule has 14 heavy (non-hydrogen) atoms. The van der Waals surface area contributed by atoms with Crippen molar-refractivity contribution in [2.45, 2.75) is 6.18 Å². The molecule has 0 unspecified atom stereocenters. The summed E-state index contributed by atoms with van der Waals surface area (Å²) < 4.78 is 35.3. The highest BCUT2D eigenvalue weighted by Gasteiger charge is 2.26. The Morgan fingerprint density at radius 1 is 1.43 bits per heavy atom. The van der Waals surface area contributed by atoms with Gasteiger partial charge in [-0.25, -0.2) is 9.97 Å². The summed E-state index contributed by atoms with van der Waals surface area (Å²) >= 11 is 0. The highest BCUT2D eigenvalue weighted by molar-refractivity contribution is 5.38. The molecule has 1 aromatic rings. The van der Waals surface area contributed by atoms with E-state index < -0.39 is 12.7 Å². The first-order valence-electron chi connectivity index (χ1n) is 3.54. The molecule has 0 aromatic carbocycles. The van der Waals surface area contributed by atoms with Crippen LogP contribution in [0, 0.1) is 11.3 Å². The Hall–Kier alpha value is -1.84. The van der Waals surface area contributed by atoms with Crippen molar-refractivity contribution in [2.24, 2.45) is 0 Å². The number of nitriles is 1. The van der Waals surface area contributed by atoms with Gasteiger partial charge in [0.15, 0.2) is 0 Å². The molecule has 0 fully saturated rings. The van der Waals surface area contributed by atoms with Gasteiger partial charge in [0.25, 0.3) is 0 Å². The molecule has 1 N–H and O–H groups in total. The monoisotopic (exact) mass is 202 g/mol. The molecule has 0 bridgehead atoms. The van der Waals surface area contributed by atoms with Crippen molar-refractivity contribution in [1.82, 2.24) is 9.97 Å². The van der Waals surface area contributed by atoms with Gasteiger partial charge in [-0.2, -0.15) is 18.4 Å². The van der Waals surface area contributed by atoms with Gasteiger partial charge in [-0.15, -0.1) is 0 Å². The lowest BCUT2D eigenvalue weighted by Gasteiger charge is -2.07. The fraction of sp³-hybridized carbons (Fsp3) is 0.286. The molecule has 7 heteroatoms. The molecule has 0 aliphatic carbocycles. The van der Waals surface area contributed by atoms with Crippen molar-refractivity contribution in [3.63, 3.8) is 0 Å². The normalized spacial score (nSPS) is 10.7. The van der Waals surface area contributed by atoms with Crippen molar-refractivity contribution in [3.8, 4) is 6.07 Å². The largest absolute Gasteiger partial charge is 0.405 e. The highest BCUT2D eigenvalue weighted by atomic mass is 19.4. The van der Waals surface area contributed by atoms with E-state index in [1.54, 1.807) is 6.07 Å². The van der Waals surface area contributed by atoms with E-state index in [9.17, 15) is 13.2 Å². The van der Waals surface area contributed by atoms with Gasteiger partial charge in [-0.1, -0.05) is 0 Å². The van der Waals surface area contributed by atoms with Crippen molar-refractivity contribution < 1.29 is 13.2 Å². The Labute approximate surface area is 77.4 Å². The van der Waals surface area contributed by atoms with E-state index in [0.29, 0.717) is 0 Å². The fourth-order valence-corrected chi connectivity index (χ4v) is 0.706. The van der Waals surface area contributed by atoms with Crippen LogP contribution >= 0.6 is 0 Å². The van der Waals surface area contributed by atoms with Gasteiger partial charge in [0.2, 0.25) is 0 Å². The molecule has 0 aliphatic rings. The molecular weight excluding hydrogens is 197 g/mol. The minimum atomic E-state index is -4.31. The molecule has 0 radical (unpaired) electrons. The number of nitrogens with one attached hydrogen (secondary N) is 1. The van der Waals surface area contributed by atoms with E-state index in [4.69, 9.17) is 5.26 Å². The third-order valence-corrected chi connectivity index (χ3v) is 1.25. The zero-order valence-electron chi connectivity index (χ0n) is 6.84. The number of alkyl halides is 3. The first-order valence-corrected chi connectivity index (χ1v) is 3.54. The maximum absolute atomic E-state index is 11.8. The SMILES string of the molecule is N#Cc1cc(NCC(F)(F)F)ncn1. The van der Waals surface area contributed by atoms with E-state index >= 15 is 0 Å². The molecule has 0 atom stereocenters. The lowest BCUT2D eigenvalue weighted by molar-refractivity contribution is -0.115. The molecule has 1 aromatic heterocycles. The first kappa shape index (κ1) is 10.2. The molecule has 0 aliphatic heterocycles. The Morgan fingerprint density at radius 3 is 2.71 bits per heavy atom. The van der Waals surface area contributed by atoms with Crippen LogP contribution in [-0.4, -0.2) is 22.7 Å². The zero-order chi connectivity index (χ0) is 10.6. The number of nitrogens with zero attached hydrogens (tertiary/aromatic N) is 3. The summed E-state index contributed by atoms with van der Waals surface area (Å²) in [6, 6.07) is 2.84. The summed E-state index contributed by atoms with van der Waals surface area (Å²) in [4.78, 5) is 7.03. The van der Waals surface area contributed by atoms with Gasteiger partial charge in [-0.3, -0.25) is 0 Å². The quantitative estimate of drug-likeness (QED) is 0.785. The van der Waals surface area contributed by atoms with Crippen molar-refractivity contribution in [2.75, 3.05) is 11.9 Å². The van der Waals surface area contributed by atoms with Gasteiger partial charge in [0.05, 0.1) is 0 Å². The Balaban J connectivity index is 2.65. The van der Waals surface area contributed by atoms with Gasteiger partial charge >= 0.3 is 6.18 Å².